The predicted octanol–water partition coefficient (Wildman–Crippen LogP) is 3.40. The zero-order valence-corrected chi connectivity index (χ0v) is 17.0. The van der Waals surface area contributed by atoms with Gasteiger partial charge in [0.05, 0.1) is 13.2 Å². The number of esters is 1. The Morgan fingerprint density at radius 3 is 2.55 bits per heavy atom. The lowest BCUT2D eigenvalue weighted by molar-refractivity contribution is -0.152. The van der Waals surface area contributed by atoms with Crippen LogP contribution in [0.2, 0.25) is 0 Å². The Morgan fingerprint density at radius 2 is 1.83 bits per heavy atom. The van der Waals surface area contributed by atoms with Crippen LogP contribution in [0.5, 0.6) is 11.5 Å². The first kappa shape index (κ1) is 21.1. The molecule has 0 bridgehead atoms. The molecule has 0 amide bonds. The van der Waals surface area contributed by atoms with Crippen LogP contribution >= 0.6 is 0 Å². The number of phenolic OH excluding ortho intramolecular Hbond substituents is 1. The number of cyclic esters (lactones) is 1. The number of ketones is 1. The Morgan fingerprint density at radius 1 is 1.10 bits per heavy atom. The molecular formula is C22H26O7. The number of phenols is 1. The van der Waals surface area contributed by atoms with E-state index in [1.54, 1.807) is 45.1 Å². The molecule has 2 aliphatic rings. The van der Waals surface area contributed by atoms with Gasteiger partial charge in [-0.25, -0.2) is 4.79 Å². The van der Waals surface area contributed by atoms with E-state index < -0.39 is 30.1 Å². The summed E-state index contributed by atoms with van der Waals surface area (Å²) in [5.41, 5.74) is 0.513. The first-order valence-electron chi connectivity index (χ1n) is 9.54. The number of carbonyl (C=O) groups is 2. The van der Waals surface area contributed by atoms with Crippen molar-refractivity contribution in [2.45, 2.75) is 57.7 Å². The van der Waals surface area contributed by atoms with Gasteiger partial charge in [-0.15, -0.1) is 0 Å². The van der Waals surface area contributed by atoms with E-state index in [0.29, 0.717) is 24.2 Å². The highest BCUT2D eigenvalue weighted by atomic mass is 16.8. The van der Waals surface area contributed by atoms with Gasteiger partial charge in [-0.3, -0.25) is 4.79 Å². The fourth-order valence-electron chi connectivity index (χ4n) is 3.43. The van der Waals surface area contributed by atoms with E-state index >= 15 is 0 Å². The van der Waals surface area contributed by atoms with Crippen molar-refractivity contribution in [1.82, 2.24) is 0 Å². The zero-order chi connectivity index (χ0) is 21.2. The van der Waals surface area contributed by atoms with E-state index in [1.807, 2.05) is 0 Å². The van der Waals surface area contributed by atoms with Crippen LogP contribution in [0.1, 0.15) is 49.5 Å². The molecule has 7 nitrogen and oxygen atoms in total. The highest BCUT2D eigenvalue weighted by Gasteiger charge is 2.43. The van der Waals surface area contributed by atoms with E-state index in [9.17, 15) is 14.7 Å². The Kier molecular flexibility index (Phi) is 6.10. The molecule has 0 radical (unpaired) electrons. The van der Waals surface area contributed by atoms with Gasteiger partial charge in [-0.1, -0.05) is 18.2 Å². The fraction of sp³-hybridized carbons (Fsp3) is 0.455. The van der Waals surface area contributed by atoms with Gasteiger partial charge in [0.1, 0.15) is 29.3 Å². The third-order valence-corrected chi connectivity index (χ3v) is 4.75. The molecule has 1 N–H and O–H groups in total. The summed E-state index contributed by atoms with van der Waals surface area (Å²) in [5, 5.41) is 10.4. The van der Waals surface area contributed by atoms with Crippen molar-refractivity contribution in [3.05, 3.63) is 41.5 Å². The monoisotopic (exact) mass is 402 g/mol. The highest BCUT2D eigenvalue weighted by Crippen LogP contribution is 2.33. The number of aromatic hydroxyl groups is 1. The molecule has 0 spiro atoms. The van der Waals surface area contributed by atoms with Crippen LogP contribution in [-0.4, -0.2) is 48.1 Å². The molecule has 1 aromatic rings. The summed E-state index contributed by atoms with van der Waals surface area (Å²) in [7, 11) is 1.47. The SMILES string of the molecule is COc1cc(O)c2c(c1)/C=C\C[C@@H]1OC(C)(C)O[C@@H]1C(=O)/C=C\C[C@H](C)OC2=O. The molecule has 0 saturated carbocycles. The lowest BCUT2D eigenvalue weighted by Gasteiger charge is -2.16. The van der Waals surface area contributed by atoms with Gasteiger partial charge in [0.25, 0.3) is 0 Å². The number of rotatable bonds is 1. The van der Waals surface area contributed by atoms with Crippen molar-refractivity contribution < 1.29 is 33.6 Å². The molecule has 1 fully saturated rings. The normalized spacial score (nSPS) is 29.2. The van der Waals surface area contributed by atoms with Gasteiger partial charge >= 0.3 is 5.97 Å². The summed E-state index contributed by atoms with van der Waals surface area (Å²) in [6, 6.07) is 3.01. The Hall–Kier alpha value is -2.64. The van der Waals surface area contributed by atoms with Crippen LogP contribution in [-0.2, 0) is 19.0 Å². The molecule has 2 aliphatic heterocycles. The minimum absolute atomic E-state index is 0.0616. The highest BCUT2D eigenvalue weighted by molar-refractivity contribution is 5.97. The lowest BCUT2D eigenvalue weighted by Crippen LogP contribution is -2.30. The molecular weight excluding hydrogens is 376 g/mol. The van der Waals surface area contributed by atoms with E-state index in [-0.39, 0.29) is 17.1 Å². The van der Waals surface area contributed by atoms with Crippen LogP contribution in [0, 0.1) is 0 Å². The third kappa shape index (κ3) is 4.86. The van der Waals surface area contributed by atoms with E-state index in [4.69, 9.17) is 18.9 Å². The predicted molar refractivity (Wildman–Crippen MR) is 106 cm³/mol. The minimum atomic E-state index is -0.869. The molecule has 29 heavy (non-hydrogen) atoms. The smallest absolute Gasteiger partial charge is 0.342 e. The second-order valence-corrected chi connectivity index (χ2v) is 7.60. The zero-order valence-electron chi connectivity index (χ0n) is 17.0. The number of hydrogen-bond donors (Lipinski definition) is 1. The van der Waals surface area contributed by atoms with Gasteiger partial charge in [0, 0.05) is 12.5 Å². The van der Waals surface area contributed by atoms with Crippen LogP contribution in [0.15, 0.2) is 30.4 Å². The first-order chi connectivity index (χ1) is 13.7. The average molecular weight is 402 g/mol. The van der Waals surface area contributed by atoms with Crippen molar-refractivity contribution in [2.75, 3.05) is 7.11 Å². The van der Waals surface area contributed by atoms with Gasteiger partial charge in [0.15, 0.2) is 11.6 Å². The second-order valence-electron chi connectivity index (χ2n) is 7.60. The van der Waals surface area contributed by atoms with Crippen molar-refractivity contribution in [1.29, 1.82) is 0 Å². The molecule has 0 unspecified atom stereocenters. The second kappa shape index (κ2) is 8.39. The molecule has 7 heteroatoms. The number of methoxy groups -OCH3 is 1. The maximum absolute atomic E-state index is 12.6. The summed E-state index contributed by atoms with van der Waals surface area (Å²) in [6.45, 7) is 5.25. The minimum Gasteiger partial charge on any atom is -0.507 e. The Labute approximate surface area is 169 Å². The quantitative estimate of drug-likeness (QED) is 0.720. The number of ether oxygens (including phenoxy) is 4. The van der Waals surface area contributed by atoms with Gasteiger partial charge < -0.3 is 24.1 Å². The van der Waals surface area contributed by atoms with Crippen LogP contribution in [0.3, 0.4) is 0 Å². The Bertz CT molecular complexity index is 853. The molecule has 3 rings (SSSR count). The number of fused-ring (bicyclic) bond motifs is 2. The summed E-state index contributed by atoms with van der Waals surface area (Å²) in [6.07, 6.45) is 5.62. The first-order valence-corrected chi connectivity index (χ1v) is 9.54. The van der Waals surface area contributed by atoms with Gasteiger partial charge in [-0.05, 0) is 44.9 Å². The van der Waals surface area contributed by atoms with E-state index in [2.05, 4.69) is 0 Å². The molecule has 0 aromatic heterocycles. The van der Waals surface area contributed by atoms with Crippen LogP contribution in [0.25, 0.3) is 6.08 Å². The summed E-state index contributed by atoms with van der Waals surface area (Å²) < 4.78 is 22.3. The molecule has 1 saturated heterocycles. The molecule has 0 aliphatic carbocycles. The Balaban J connectivity index is 2.00. The maximum atomic E-state index is 12.6. The average Bonchev–Trinajstić information content (AvgIpc) is 2.95. The molecule has 1 aromatic carbocycles. The number of hydrogen-bond acceptors (Lipinski definition) is 7. The number of carbonyl (C=O) groups excluding carboxylic acids is 2. The standard InChI is InChI=1S/C22H26O7/c1-13-7-5-9-16(23)20-18(28-22(2,3)29-20)10-6-8-14-11-15(26-4)12-17(24)19(14)21(25)27-13/h5-6,8-9,11-13,18,20,24H,7,10H2,1-4H3/b8-6-,9-5-/t13-,18-,20+/m0/s1. The third-order valence-electron chi connectivity index (χ3n) is 4.75. The van der Waals surface area contributed by atoms with Crippen molar-refractivity contribution in [3.8, 4) is 11.5 Å². The van der Waals surface area contributed by atoms with Gasteiger partial charge in [-0.2, -0.15) is 0 Å². The molecule has 156 valence electrons. The summed E-state index contributed by atoms with van der Waals surface area (Å²) in [4.78, 5) is 25.2. The van der Waals surface area contributed by atoms with E-state index in [1.165, 1.54) is 19.3 Å². The fourth-order valence-corrected chi connectivity index (χ4v) is 3.43. The van der Waals surface area contributed by atoms with Crippen molar-refractivity contribution in [2.24, 2.45) is 0 Å². The maximum Gasteiger partial charge on any atom is 0.342 e. The largest absolute Gasteiger partial charge is 0.507 e. The molecule has 3 atom stereocenters. The van der Waals surface area contributed by atoms with Crippen molar-refractivity contribution in [3.63, 3.8) is 0 Å². The van der Waals surface area contributed by atoms with Crippen LogP contribution < -0.4 is 4.74 Å². The summed E-state index contributed by atoms with van der Waals surface area (Å²) in [5.74, 6) is -1.52. The topological polar surface area (TPSA) is 91.3 Å². The summed E-state index contributed by atoms with van der Waals surface area (Å²) >= 11 is 0. The van der Waals surface area contributed by atoms with Gasteiger partial charge in [0.2, 0.25) is 0 Å². The van der Waals surface area contributed by atoms with Crippen LogP contribution in [0.4, 0.5) is 0 Å². The van der Waals surface area contributed by atoms with E-state index in [0.717, 1.165) is 0 Å². The molecule has 2 heterocycles. The van der Waals surface area contributed by atoms with Crippen molar-refractivity contribution >= 4 is 17.8 Å². The lowest BCUT2D eigenvalue weighted by atomic mass is 10.0. The number of benzene rings is 1.